The molecule has 0 saturated carbocycles. The first-order valence-electron chi connectivity index (χ1n) is 22.9. The summed E-state index contributed by atoms with van der Waals surface area (Å²) in [6.07, 6.45) is 11.1. The second kappa shape index (κ2) is 18.6. The number of nitrogens with zero attached hydrogens (tertiary/aromatic N) is 9. The maximum absolute atomic E-state index is 12.5. The van der Waals surface area contributed by atoms with Crippen LogP contribution in [0.5, 0.6) is 0 Å². The van der Waals surface area contributed by atoms with Crippen molar-refractivity contribution in [1.82, 2.24) is 39.4 Å². The summed E-state index contributed by atoms with van der Waals surface area (Å²) in [6.45, 7) is 19.4. The number of aromatic nitrogens is 6. The van der Waals surface area contributed by atoms with Crippen LogP contribution < -0.4 is 15.1 Å². The van der Waals surface area contributed by atoms with Crippen molar-refractivity contribution in [3.63, 3.8) is 0 Å². The maximum atomic E-state index is 12.5. The molecule has 0 aliphatic carbocycles. The molecule has 0 radical (unpaired) electrons. The summed E-state index contributed by atoms with van der Waals surface area (Å²) in [5.41, 5.74) is 10.4. The average Bonchev–Trinajstić information content (AvgIpc) is 3.90. The van der Waals surface area contributed by atoms with E-state index in [9.17, 15) is 9.59 Å². The van der Waals surface area contributed by atoms with Crippen LogP contribution in [0, 0.1) is 0 Å². The number of Topliss-reactive ketones (excluding diaryl/α,β-unsaturated/α-hetero) is 1. The van der Waals surface area contributed by atoms with E-state index in [0.717, 1.165) is 84.3 Å². The summed E-state index contributed by atoms with van der Waals surface area (Å²) in [5, 5.41) is 14.4. The van der Waals surface area contributed by atoms with Crippen molar-refractivity contribution in [2.75, 3.05) is 36.0 Å². The second-order valence-corrected chi connectivity index (χ2v) is 19.7. The molecule has 4 atom stereocenters. The molecule has 13 nitrogen and oxygen atoms in total. The molecule has 2 fully saturated rings. The fraction of sp³-hybridized carbons (Fsp3) is 0.321. The van der Waals surface area contributed by atoms with Crippen LogP contribution in [-0.4, -0.2) is 102 Å². The zero-order valence-electron chi connectivity index (χ0n) is 39.3. The van der Waals surface area contributed by atoms with Crippen LogP contribution in [0.4, 0.5) is 16.2 Å². The van der Waals surface area contributed by atoms with Gasteiger partial charge in [-0.25, -0.2) is 23.8 Å². The van der Waals surface area contributed by atoms with Crippen molar-refractivity contribution in [3.05, 3.63) is 132 Å². The minimum absolute atomic E-state index is 0.0623. The lowest BCUT2D eigenvalue weighted by molar-refractivity contribution is 0.0193. The van der Waals surface area contributed by atoms with Crippen molar-refractivity contribution < 1.29 is 14.3 Å². The highest BCUT2D eigenvalue weighted by molar-refractivity contribution is 9.10. The van der Waals surface area contributed by atoms with Gasteiger partial charge in [0.15, 0.2) is 17.1 Å². The number of amides is 1. The van der Waals surface area contributed by atoms with E-state index in [1.807, 2.05) is 85.4 Å². The van der Waals surface area contributed by atoms with Gasteiger partial charge in [0.05, 0.1) is 16.9 Å². The van der Waals surface area contributed by atoms with Gasteiger partial charge in [-0.1, -0.05) is 60.7 Å². The van der Waals surface area contributed by atoms with Gasteiger partial charge in [-0.3, -0.25) is 4.79 Å². The maximum Gasteiger partial charge on any atom is 0.410 e. The van der Waals surface area contributed by atoms with Gasteiger partial charge in [0.25, 0.3) is 0 Å². The van der Waals surface area contributed by atoms with E-state index < -0.39 is 5.60 Å². The minimum Gasteiger partial charge on any atom is -0.444 e. The van der Waals surface area contributed by atoms with Crippen molar-refractivity contribution in [3.8, 4) is 33.4 Å². The fourth-order valence-electron chi connectivity index (χ4n) is 9.66. The molecule has 2 aliphatic rings. The van der Waals surface area contributed by atoms with Crippen molar-refractivity contribution in [1.29, 1.82) is 0 Å². The summed E-state index contributed by atoms with van der Waals surface area (Å²) in [4.78, 5) is 40.6. The molecule has 1 amide bonds. The van der Waals surface area contributed by atoms with E-state index in [-0.39, 0.29) is 24.0 Å². The van der Waals surface area contributed by atoms with Crippen LogP contribution in [0.1, 0.15) is 65.7 Å². The zero-order chi connectivity index (χ0) is 47.1. The normalized spacial score (nSPS) is 18.9. The van der Waals surface area contributed by atoms with E-state index in [1.165, 1.54) is 5.69 Å². The van der Waals surface area contributed by atoms with Gasteiger partial charge in [0, 0.05) is 109 Å². The van der Waals surface area contributed by atoms with E-state index in [2.05, 4.69) is 135 Å². The smallest absolute Gasteiger partial charge is 0.410 e. The summed E-state index contributed by atoms with van der Waals surface area (Å²) in [7, 11) is 0. The Morgan fingerprint density at radius 2 is 1.15 bits per heavy atom. The number of benzene rings is 4. The van der Waals surface area contributed by atoms with Crippen LogP contribution in [0.2, 0.25) is 0 Å². The van der Waals surface area contributed by atoms with E-state index >= 15 is 0 Å². The van der Waals surface area contributed by atoms with Crippen LogP contribution in [-0.2, 0) is 4.74 Å². The Morgan fingerprint density at radius 1 is 0.627 bits per heavy atom. The molecule has 0 bridgehead atoms. The number of hydrogen-bond acceptors (Lipinski definition) is 10. The second-order valence-electron chi connectivity index (χ2n) is 18.9. The lowest BCUT2D eigenvalue weighted by Crippen LogP contribution is -2.58. The van der Waals surface area contributed by atoms with Gasteiger partial charge < -0.3 is 24.8 Å². The molecule has 344 valence electrons. The molecule has 14 heteroatoms. The highest BCUT2D eigenvalue weighted by Gasteiger charge is 2.34. The molecule has 2 aliphatic heterocycles. The molecule has 67 heavy (non-hydrogen) atoms. The lowest BCUT2D eigenvalue weighted by Gasteiger charge is -2.45. The first-order valence-corrected chi connectivity index (χ1v) is 23.7. The Labute approximate surface area is 399 Å². The zero-order valence-corrected chi connectivity index (χ0v) is 40.9. The molecule has 0 unspecified atom stereocenters. The third kappa shape index (κ3) is 9.37. The Bertz CT molecular complexity index is 3060. The van der Waals surface area contributed by atoms with E-state index in [1.54, 1.807) is 17.6 Å². The SMILES string of the molecule is CC(=O)c1cccc2c(-c3cnn4cc(-c5ccc(N6[C@H](C)CNC[C@@H]6C)cc5)cnc34)cccc12.C[C@@H]1CN(C(=O)OC(C)(C)C)C[C@H](C)N1c1ccc(-c2cnc3c(Br)cnn3c2)cc1. The fourth-order valence-corrected chi connectivity index (χ4v) is 10.0. The Kier molecular flexibility index (Phi) is 12.6. The molecular weight excluding hydrogens is 905 g/mol. The van der Waals surface area contributed by atoms with Gasteiger partial charge in [-0.05, 0) is 123 Å². The monoisotopic (exact) mass is 960 g/mol. The minimum atomic E-state index is -0.485. The van der Waals surface area contributed by atoms with E-state index in [4.69, 9.17) is 9.72 Å². The number of ether oxygens (including phenoxy) is 1. The quantitative estimate of drug-likeness (QED) is 0.161. The summed E-state index contributed by atoms with van der Waals surface area (Å²) in [6, 6.07) is 30.4. The van der Waals surface area contributed by atoms with Gasteiger partial charge in [0.1, 0.15) is 5.60 Å². The number of fused-ring (bicyclic) bond motifs is 3. The lowest BCUT2D eigenvalue weighted by atomic mass is 9.95. The number of carbonyl (C=O) groups excluding carboxylic acids is 2. The molecule has 2 saturated heterocycles. The summed E-state index contributed by atoms with van der Waals surface area (Å²) in [5.74, 6) is 0.0623. The molecule has 1 N–H and O–H groups in total. The Balaban J connectivity index is 0.000000170. The predicted octanol–water partition coefficient (Wildman–Crippen LogP) is 10.6. The van der Waals surface area contributed by atoms with E-state index in [0.29, 0.717) is 25.2 Å². The summed E-state index contributed by atoms with van der Waals surface area (Å²) >= 11 is 3.46. The van der Waals surface area contributed by atoms with Crippen LogP contribution >= 0.6 is 15.9 Å². The average molecular weight is 962 g/mol. The highest BCUT2D eigenvalue weighted by atomic mass is 79.9. The molecule has 6 heterocycles. The third-order valence-electron chi connectivity index (χ3n) is 12.7. The van der Waals surface area contributed by atoms with Crippen molar-refractivity contribution in [2.45, 2.75) is 85.2 Å². The molecule has 0 spiro atoms. The topological polar surface area (TPSA) is 126 Å². The molecule has 10 rings (SSSR count). The number of halogens is 1. The first kappa shape index (κ1) is 45.5. The highest BCUT2D eigenvalue weighted by Crippen LogP contribution is 2.34. The van der Waals surface area contributed by atoms with Crippen LogP contribution in [0.25, 0.3) is 55.4 Å². The molecule has 4 aromatic heterocycles. The van der Waals surface area contributed by atoms with Crippen LogP contribution in [0.15, 0.2) is 127 Å². The first-order chi connectivity index (χ1) is 32.1. The third-order valence-corrected chi connectivity index (χ3v) is 13.2. The molecular formula is C53H57BrN10O3. The van der Waals surface area contributed by atoms with Gasteiger partial charge in [-0.2, -0.15) is 10.2 Å². The Morgan fingerprint density at radius 3 is 1.73 bits per heavy atom. The summed E-state index contributed by atoms with van der Waals surface area (Å²) < 4.78 is 10.1. The van der Waals surface area contributed by atoms with Crippen molar-refractivity contribution in [2.24, 2.45) is 0 Å². The molecule has 8 aromatic rings. The largest absolute Gasteiger partial charge is 0.444 e. The van der Waals surface area contributed by atoms with Gasteiger partial charge >= 0.3 is 6.09 Å². The number of hydrogen-bond donors (Lipinski definition) is 1. The number of anilines is 2. The van der Waals surface area contributed by atoms with Gasteiger partial charge in [0.2, 0.25) is 0 Å². The Hall–Kier alpha value is -6.64. The number of carbonyl (C=O) groups is 2. The molecule has 4 aromatic carbocycles. The predicted molar refractivity (Wildman–Crippen MR) is 271 cm³/mol. The van der Waals surface area contributed by atoms with Gasteiger partial charge in [-0.15, -0.1) is 0 Å². The van der Waals surface area contributed by atoms with Crippen molar-refractivity contribution >= 4 is 61.2 Å². The number of rotatable bonds is 6. The number of ketones is 1. The number of piperazine rings is 2. The number of nitrogens with one attached hydrogen (secondary N) is 1. The van der Waals surface area contributed by atoms with Crippen LogP contribution in [0.3, 0.4) is 0 Å². The standard InChI is InChI=1S/C30H29N5O.C23H28BrN5O2/c1-19-14-31-15-20(2)35(19)24-12-10-22(11-13-24)23-16-32-30-29(17-33-34(30)18-23)28-9-5-7-26-25(21(3)36)6-4-8-27(26)28;1-15-12-27(22(30)31-23(3,4)5)13-16(2)29(15)19-8-6-17(7-9-19)18-10-25-21-20(24)11-26-28(21)14-18/h4-13,16-20,31H,14-15H2,1-3H3;6-11,14-16H,12-13H2,1-5H3/t19-,20+;15-,16+.